The van der Waals surface area contributed by atoms with Gasteiger partial charge in [0.2, 0.25) is 5.91 Å². The molecule has 4 nitrogen and oxygen atoms in total. The molecular formula is C24H34ClN3OS. The van der Waals surface area contributed by atoms with Crippen molar-refractivity contribution in [3.63, 3.8) is 0 Å². The van der Waals surface area contributed by atoms with E-state index in [2.05, 4.69) is 4.90 Å². The maximum atomic E-state index is 12.9. The molecule has 0 bridgehead atoms. The van der Waals surface area contributed by atoms with Crippen LogP contribution in [-0.2, 0) is 4.79 Å². The number of amidine groups is 1. The number of carbonyl (C=O) groups is 1. The van der Waals surface area contributed by atoms with Gasteiger partial charge in [-0.25, -0.2) is 0 Å². The average molecular weight is 448 g/mol. The zero-order valence-electron chi connectivity index (χ0n) is 18.3. The number of rotatable bonds is 4. The van der Waals surface area contributed by atoms with Crippen molar-refractivity contribution in [1.29, 1.82) is 0 Å². The Bertz CT molecular complexity index is 787. The second-order valence-electron chi connectivity index (χ2n) is 9.02. The monoisotopic (exact) mass is 447 g/mol. The number of carbonyl (C=O) groups excluding carboxylic acids is 1. The van der Waals surface area contributed by atoms with Gasteiger partial charge in [0, 0.05) is 29.4 Å². The third kappa shape index (κ3) is 4.83. The molecule has 2 saturated carbocycles. The van der Waals surface area contributed by atoms with Gasteiger partial charge in [0.25, 0.3) is 0 Å². The van der Waals surface area contributed by atoms with Crippen LogP contribution in [0.2, 0.25) is 5.02 Å². The standard InChI is InChI=1S/C24H34ClN3OS/c1-17-13-14-21(15-22(17)25)27(18(2)29)23-16-30-24(26-19-9-5-3-6-10-19)28(23)20-11-7-4-8-12-20/h13-15,19-20,23H,3-12,16H2,1-2H3. The fourth-order valence-corrected chi connectivity index (χ4v) is 6.58. The number of aryl methyl sites for hydroxylation is 1. The maximum Gasteiger partial charge on any atom is 0.225 e. The predicted octanol–water partition coefficient (Wildman–Crippen LogP) is 6.40. The molecule has 1 heterocycles. The predicted molar refractivity (Wildman–Crippen MR) is 129 cm³/mol. The molecule has 1 unspecified atom stereocenters. The zero-order chi connectivity index (χ0) is 21.1. The third-order valence-electron chi connectivity index (χ3n) is 6.81. The molecular weight excluding hydrogens is 414 g/mol. The van der Waals surface area contributed by atoms with Crippen molar-refractivity contribution in [2.45, 2.75) is 96.3 Å². The molecule has 0 spiro atoms. The summed E-state index contributed by atoms with van der Waals surface area (Å²) in [5.74, 6) is 0.938. The van der Waals surface area contributed by atoms with Crippen LogP contribution in [0.5, 0.6) is 0 Å². The molecule has 3 aliphatic rings. The lowest BCUT2D eigenvalue weighted by Crippen LogP contribution is -2.54. The fourth-order valence-electron chi connectivity index (χ4n) is 5.15. The Labute approximate surface area is 190 Å². The number of halogens is 1. The first-order valence-electron chi connectivity index (χ1n) is 11.6. The van der Waals surface area contributed by atoms with Crippen LogP contribution in [0.3, 0.4) is 0 Å². The van der Waals surface area contributed by atoms with E-state index in [4.69, 9.17) is 16.6 Å². The SMILES string of the molecule is CC(=O)N(c1ccc(C)c(Cl)c1)C1CSC(=NC2CCCCC2)N1C1CCCCC1. The van der Waals surface area contributed by atoms with Crippen LogP contribution in [0.4, 0.5) is 5.69 Å². The number of amides is 1. The first-order chi connectivity index (χ1) is 14.5. The van der Waals surface area contributed by atoms with Crippen molar-refractivity contribution in [2.75, 3.05) is 10.7 Å². The van der Waals surface area contributed by atoms with Crippen molar-refractivity contribution >= 4 is 40.1 Å². The number of hydrogen-bond acceptors (Lipinski definition) is 3. The highest BCUT2D eigenvalue weighted by atomic mass is 35.5. The molecule has 1 aromatic carbocycles. The van der Waals surface area contributed by atoms with Crippen molar-refractivity contribution in [3.8, 4) is 0 Å². The molecule has 6 heteroatoms. The van der Waals surface area contributed by atoms with E-state index in [0.717, 1.165) is 17.0 Å². The van der Waals surface area contributed by atoms with Crippen LogP contribution >= 0.6 is 23.4 Å². The number of anilines is 1. The number of thioether (sulfide) groups is 1. The molecule has 1 aromatic rings. The largest absolute Gasteiger partial charge is 0.327 e. The van der Waals surface area contributed by atoms with Gasteiger partial charge in [0.05, 0.1) is 6.04 Å². The Kier molecular flexibility index (Phi) is 7.30. The average Bonchev–Trinajstić information content (AvgIpc) is 3.15. The lowest BCUT2D eigenvalue weighted by Gasteiger charge is -2.41. The highest BCUT2D eigenvalue weighted by Crippen LogP contribution is 2.37. The molecule has 30 heavy (non-hydrogen) atoms. The number of benzene rings is 1. The van der Waals surface area contributed by atoms with Crippen molar-refractivity contribution < 1.29 is 4.79 Å². The normalized spacial score (nSPS) is 25.1. The Morgan fingerprint density at radius 3 is 2.40 bits per heavy atom. The summed E-state index contributed by atoms with van der Waals surface area (Å²) < 4.78 is 0. The summed E-state index contributed by atoms with van der Waals surface area (Å²) in [6.45, 7) is 3.67. The third-order valence-corrected chi connectivity index (χ3v) is 8.26. The van der Waals surface area contributed by atoms with Crippen LogP contribution in [0.15, 0.2) is 23.2 Å². The first-order valence-corrected chi connectivity index (χ1v) is 13.0. The van der Waals surface area contributed by atoms with Gasteiger partial charge in [-0.05, 0) is 50.3 Å². The number of aliphatic imine (C=N–C) groups is 1. The summed E-state index contributed by atoms with van der Waals surface area (Å²) in [6.07, 6.45) is 12.6. The molecule has 4 rings (SSSR count). The number of nitrogens with zero attached hydrogens (tertiary/aromatic N) is 3. The van der Waals surface area contributed by atoms with Crippen LogP contribution in [-0.4, -0.2) is 40.0 Å². The van der Waals surface area contributed by atoms with Gasteiger partial charge in [-0.15, -0.1) is 0 Å². The molecule has 1 atom stereocenters. The summed E-state index contributed by atoms with van der Waals surface area (Å²) in [5.41, 5.74) is 1.93. The van der Waals surface area contributed by atoms with Crippen molar-refractivity contribution in [1.82, 2.24) is 4.90 Å². The van der Waals surface area contributed by atoms with E-state index in [9.17, 15) is 4.79 Å². The molecule has 2 aliphatic carbocycles. The van der Waals surface area contributed by atoms with Crippen LogP contribution in [0.1, 0.15) is 76.7 Å². The van der Waals surface area contributed by atoms with Gasteiger partial charge in [0.15, 0.2) is 5.17 Å². The molecule has 3 fully saturated rings. The van der Waals surface area contributed by atoms with Crippen molar-refractivity contribution in [3.05, 3.63) is 28.8 Å². The summed E-state index contributed by atoms with van der Waals surface area (Å²) in [4.78, 5) is 22.6. The summed E-state index contributed by atoms with van der Waals surface area (Å²) in [7, 11) is 0. The van der Waals surface area contributed by atoms with Gasteiger partial charge in [0.1, 0.15) is 6.17 Å². The van der Waals surface area contributed by atoms with E-state index in [1.807, 2.05) is 41.8 Å². The molecule has 164 valence electrons. The second kappa shape index (κ2) is 9.95. The molecule has 0 aromatic heterocycles. The Balaban J connectivity index is 1.67. The minimum Gasteiger partial charge on any atom is -0.327 e. The van der Waals surface area contributed by atoms with E-state index in [1.54, 1.807) is 6.92 Å². The topological polar surface area (TPSA) is 35.9 Å². The summed E-state index contributed by atoms with van der Waals surface area (Å²) >= 11 is 8.27. The molecule has 0 N–H and O–H groups in total. The van der Waals surface area contributed by atoms with E-state index in [0.29, 0.717) is 17.1 Å². The quantitative estimate of drug-likeness (QED) is 0.535. The van der Waals surface area contributed by atoms with Gasteiger partial charge < -0.3 is 4.90 Å². The Hall–Kier alpha value is -1.20. The minimum atomic E-state index is 0.0108. The van der Waals surface area contributed by atoms with Gasteiger partial charge in [-0.2, -0.15) is 0 Å². The van der Waals surface area contributed by atoms with Crippen LogP contribution in [0.25, 0.3) is 0 Å². The van der Waals surface area contributed by atoms with Crippen molar-refractivity contribution in [2.24, 2.45) is 4.99 Å². The van der Waals surface area contributed by atoms with Gasteiger partial charge >= 0.3 is 0 Å². The zero-order valence-corrected chi connectivity index (χ0v) is 19.9. The van der Waals surface area contributed by atoms with Gasteiger partial charge in [-0.3, -0.25) is 14.7 Å². The highest BCUT2D eigenvalue weighted by Gasteiger charge is 2.41. The number of hydrogen-bond donors (Lipinski definition) is 0. The lowest BCUT2D eigenvalue weighted by atomic mass is 9.94. The van der Waals surface area contributed by atoms with E-state index < -0.39 is 0 Å². The Morgan fingerprint density at radius 2 is 1.77 bits per heavy atom. The first kappa shape index (κ1) is 22.0. The maximum absolute atomic E-state index is 12.9. The highest BCUT2D eigenvalue weighted by molar-refractivity contribution is 8.14. The minimum absolute atomic E-state index is 0.0108. The summed E-state index contributed by atoms with van der Waals surface area (Å²) in [5, 5.41) is 1.88. The van der Waals surface area contributed by atoms with Gasteiger partial charge in [-0.1, -0.05) is 68.0 Å². The second-order valence-corrected chi connectivity index (χ2v) is 10.4. The molecule has 0 radical (unpaired) electrons. The van der Waals surface area contributed by atoms with Crippen LogP contribution in [0, 0.1) is 6.92 Å². The fraction of sp³-hybridized carbons (Fsp3) is 0.667. The van der Waals surface area contributed by atoms with E-state index in [-0.39, 0.29) is 12.1 Å². The smallest absolute Gasteiger partial charge is 0.225 e. The Morgan fingerprint density at radius 1 is 1.10 bits per heavy atom. The molecule has 1 amide bonds. The van der Waals surface area contributed by atoms with E-state index >= 15 is 0 Å². The van der Waals surface area contributed by atoms with Crippen LogP contribution < -0.4 is 4.90 Å². The summed E-state index contributed by atoms with van der Waals surface area (Å²) in [6, 6.07) is 6.91. The van der Waals surface area contributed by atoms with E-state index in [1.165, 1.54) is 69.4 Å². The molecule has 1 aliphatic heterocycles. The lowest BCUT2D eigenvalue weighted by molar-refractivity contribution is -0.117. The molecule has 1 saturated heterocycles.